The molecule has 0 saturated carbocycles. The van der Waals surface area contributed by atoms with E-state index >= 15 is 0 Å². The van der Waals surface area contributed by atoms with Crippen LogP contribution in [0.4, 0.5) is 13.2 Å². The number of carbonyl (C=O) groups excluding carboxylic acids is 2. The summed E-state index contributed by atoms with van der Waals surface area (Å²) in [6.45, 7) is -0.139. The number of nitrogens with one attached hydrogen (secondary N) is 2. The molecule has 0 aliphatic carbocycles. The quantitative estimate of drug-likeness (QED) is 0.191. The third-order valence-electron chi connectivity index (χ3n) is 5.65. The van der Waals surface area contributed by atoms with Crippen LogP contribution in [-0.2, 0) is 17.8 Å². The fourth-order valence-corrected chi connectivity index (χ4v) is 4.01. The summed E-state index contributed by atoms with van der Waals surface area (Å²) in [4.78, 5) is 25.0. The second-order valence-corrected chi connectivity index (χ2v) is 8.74. The van der Waals surface area contributed by atoms with Crippen molar-refractivity contribution in [3.8, 4) is 11.5 Å². The lowest BCUT2D eigenvalue weighted by Crippen LogP contribution is -2.26. The first-order valence-corrected chi connectivity index (χ1v) is 11.9. The standard InChI is InChI=1S/C28H21ClF3N3O4/c29-23-13-18(11-12-24(23)36)27(38)35-34-16-19-10-9-17(21-6-2-3-7-22(19)21)14-26(37)33-15-20-5-1-4-8-25(20)39-28(30,31)32/h1-13,16,36H,14-15H2,(H,33,37)(H,35,38)/b34-16+. The first-order valence-electron chi connectivity index (χ1n) is 11.5. The highest BCUT2D eigenvalue weighted by atomic mass is 35.5. The van der Waals surface area contributed by atoms with Gasteiger partial charge in [-0.2, -0.15) is 5.10 Å². The first kappa shape index (κ1) is 27.5. The van der Waals surface area contributed by atoms with E-state index in [-0.39, 0.29) is 46.5 Å². The van der Waals surface area contributed by atoms with Gasteiger partial charge in [0.1, 0.15) is 11.5 Å². The number of hydrogen-bond acceptors (Lipinski definition) is 5. The lowest BCUT2D eigenvalue weighted by molar-refractivity contribution is -0.274. The molecular formula is C28H21ClF3N3O4. The molecule has 4 rings (SSSR count). The Hall–Kier alpha value is -4.57. The maximum atomic E-state index is 12.7. The van der Waals surface area contributed by atoms with Crippen LogP contribution in [-0.4, -0.2) is 29.5 Å². The molecule has 200 valence electrons. The average Bonchev–Trinajstić information content (AvgIpc) is 2.90. The Morgan fingerprint density at radius 1 is 0.949 bits per heavy atom. The lowest BCUT2D eigenvalue weighted by atomic mass is 9.98. The maximum Gasteiger partial charge on any atom is 0.573 e. The van der Waals surface area contributed by atoms with E-state index in [0.717, 1.165) is 10.8 Å². The molecule has 0 aliphatic heterocycles. The van der Waals surface area contributed by atoms with E-state index in [1.165, 1.54) is 42.6 Å². The van der Waals surface area contributed by atoms with Gasteiger partial charge < -0.3 is 15.2 Å². The molecule has 0 aliphatic rings. The molecule has 2 amide bonds. The topological polar surface area (TPSA) is 100 Å². The number of hydrazone groups is 1. The molecule has 0 bridgehead atoms. The minimum atomic E-state index is -4.84. The minimum absolute atomic E-state index is 0.0153. The number of para-hydroxylation sites is 1. The normalized spacial score (nSPS) is 11.5. The van der Waals surface area contributed by atoms with Crippen LogP contribution in [0.15, 0.2) is 84.0 Å². The number of phenolic OH excluding ortho intramolecular Hbond substituents is 1. The largest absolute Gasteiger partial charge is 0.573 e. The van der Waals surface area contributed by atoms with Crippen LogP contribution in [0, 0.1) is 0 Å². The summed E-state index contributed by atoms with van der Waals surface area (Å²) in [6, 6.07) is 20.4. The van der Waals surface area contributed by atoms with Crippen LogP contribution < -0.4 is 15.5 Å². The fourth-order valence-electron chi connectivity index (χ4n) is 3.83. The van der Waals surface area contributed by atoms with Crippen LogP contribution in [0.1, 0.15) is 27.0 Å². The third kappa shape index (κ3) is 7.26. The number of benzene rings is 4. The number of phenols is 1. The molecule has 39 heavy (non-hydrogen) atoms. The molecule has 0 saturated heterocycles. The van der Waals surface area contributed by atoms with Crippen LogP contribution >= 0.6 is 11.6 Å². The van der Waals surface area contributed by atoms with Gasteiger partial charge in [0.25, 0.3) is 5.91 Å². The van der Waals surface area contributed by atoms with Gasteiger partial charge >= 0.3 is 6.36 Å². The Bertz CT molecular complexity index is 1560. The molecule has 3 N–H and O–H groups in total. The number of alkyl halides is 3. The molecule has 11 heteroatoms. The molecule has 4 aromatic rings. The molecule has 0 spiro atoms. The zero-order chi connectivity index (χ0) is 28.0. The Morgan fingerprint density at radius 2 is 1.67 bits per heavy atom. The number of hydrogen-bond donors (Lipinski definition) is 3. The third-order valence-corrected chi connectivity index (χ3v) is 5.96. The van der Waals surface area contributed by atoms with Gasteiger partial charge in [-0.3, -0.25) is 9.59 Å². The number of aromatic hydroxyl groups is 1. The number of rotatable bonds is 8. The van der Waals surface area contributed by atoms with Gasteiger partial charge in [-0.05, 0) is 40.6 Å². The first-order chi connectivity index (χ1) is 18.6. The highest BCUT2D eigenvalue weighted by Crippen LogP contribution is 2.27. The lowest BCUT2D eigenvalue weighted by Gasteiger charge is -2.14. The fraction of sp³-hybridized carbons (Fsp3) is 0.107. The van der Waals surface area contributed by atoms with Gasteiger partial charge in [-0.15, -0.1) is 13.2 Å². The number of ether oxygens (including phenoxy) is 1. The predicted molar refractivity (Wildman–Crippen MR) is 141 cm³/mol. The van der Waals surface area contributed by atoms with Crippen LogP contribution in [0.25, 0.3) is 10.8 Å². The van der Waals surface area contributed by atoms with Crippen LogP contribution in [0.5, 0.6) is 11.5 Å². The van der Waals surface area contributed by atoms with E-state index in [1.54, 1.807) is 18.2 Å². The van der Waals surface area contributed by atoms with Crippen molar-refractivity contribution in [2.24, 2.45) is 5.10 Å². The van der Waals surface area contributed by atoms with E-state index in [9.17, 15) is 27.9 Å². The second kappa shape index (κ2) is 11.9. The number of nitrogens with zero attached hydrogens (tertiary/aromatic N) is 1. The van der Waals surface area contributed by atoms with Gasteiger partial charge in [0.2, 0.25) is 5.91 Å². The number of amides is 2. The zero-order valence-electron chi connectivity index (χ0n) is 20.1. The van der Waals surface area contributed by atoms with Crippen molar-refractivity contribution in [2.45, 2.75) is 19.3 Å². The molecule has 0 unspecified atom stereocenters. The summed E-state index contributed by atoms with van der Waals surface area (Å²) in [5.74, 6) is -1.42. The van der Waals surface area contributed by atoms with Gasteiger partial charge in [-0.1, -0.05) is 66.2 Å². The van der Waals surface area contributed by atoms with Crippen molar-refractivity contribution in [2.75, 3.05) is 0 Å². The van der Waals surface area contributed by atoms with Crippen molar-refractivity contribution in [1.29, 1.82) is 0 Å². The van der Waals surface area contributed by atoms with Gasteiger partial charge in [0.05, 0.1) is 17.7 Å². The van der Waals surface area contributed by atoms with E-state index in [4.69, 9.17) is 11.6 Å². The molecular weight excluding hydrogens is 535 g/mol. The molecule has 4 aromatic carbocycles. The van der Waals surface area contributed by atoms with Crippen molar-refractivity contribution in [1.82, 2.24) is 10.7 Å². The number of carbonyl (C=O) groups is 2. The van der Waals surface area contributed by atoms with Crippen molar-refractivity contribution in [3.63, 3.8) is 0 Å². The van der Waals surface area contributed by atoms with E-state index in [0.29, 0.717) is 11.1 Å². The Morgan fingerprint density at radius 3 is 2.41 bits per heavy atom. The van der Waals surface area contributed by atoms with Crippen molar-refractivity contribution < 1.29 is 32.6 Å². The predicted octanol–water partition coefficient (Wildman–Crippen LogP) is 5.72. The second-order valence-electron chi connectivity index (χ2n) is 8.33. The van der Waals surface area contributed by atoms with Crippen molar-refractivity contribution in [3.05, 3.63) is 106 Å². The molecule has 0 atom stereocenters. The highest BCUT2D eigenvalue weighted by molar-refractivity contribution is 6.32. The Kier molecular flexibility index (Phi) is 8.36. The maximum absolute atomic E-state index is 12.7. The summed E-state index contributed by atoms with van der Waals surface area (Å²) < 4.78 is 42.0. The van der Waals surface area contributed by atoms with E-state index < -0.39 is 12.3 Å². The molecule has 0 radical (unpaired) electrons. The van der Waals surface area contributed by atoms with Crippen LogP contribution in [0.2, 0.25) is 5.02 Å². The average molecular weight is 556 g/mol. The minimum Gasteiger partial charge on any atom is -0.506 e. The SMILES string of the molecule is O=C(Cc1ccc(/C=N/NC(=O)c2ccc(O)c(Cl)c2)c2ccccc12)NCc1ccccc1OC(F)(F)F. The van der Waals surface area contributed by atoms with E-state index in [1.807, 2.05) is 24.3 Å². The summed E-state index contributed by atoms with van der Waals surface area (Å²) in [5.41, 5.74) is 4.18. The van der Waals surface area contributed by atoms with Gasteiger partial charge in [0, 0.05) is 23.2 Å². The highest BCUT2D eigenvalue weighted by Gasteiger charge is 2.32. The molecule has 0 fully saturated rings. The summed E-state index contributed by atoms with van der Waals surface area (Å²) in [7, 11) is 0. The summed E-state index contributed by atoms with van der Waals surface area (Å²) >= 11 is 5.84. The summed E-state index contributed by atoms with van der Waals surface area (Å²) in [6.07, 6.45) is -3.39. The van der Waals surface area contributed by atoms with Gasteiger partial charge in [-0.25, -0.2) is 5.43 Å². The van der Waals surface area contributed by atoms with E-state index in [2.05, 4.69) is 20.6 Å². The Balaban J connectivity index is 1.44. The zero-order valence-corrected chi connectivity index (χ0v) is 20.9. The van der Waals surface area contributed by atoms with Gasteiger partial charge in [0.15, 0.2) is 0 Å². The smallest absolute Gasteiger partial charge is 0.506 e. The summed E-state index contributed by atoms with van der Waals surface area (Å²) in [5, 5.41) is 17.7. The Labute approximate surface area is 225 Å². The monoisotopic (exact) mass is 555 g/mol. The molecule has 0 aromatic heterocycles. The molecule has 7 nitrogen and oxygen atoms in total. The molecule has 0 heterocycles. The van der Waals surface area contributed by atoms with Crippen LogP contribution in [0.3, 0.4) is 0 Å². The number of fused-ring (bicyclic) bond motifs is 1. The van der Waals surface area contributed by atoms with Crippen molar-refractivity contribution >= 4 is 40.4 Å². The number of halogens is 4.